The van der Waals surface area contributed by atoms with Crippen molar-refractivity contribution in [2.24, 2.45) is 5.92 Å². The number of carbonyl (C=O) groups excluding carboxylic acids is 2. The predicted octanol–water partition coefficient (Wildman–Crippen LogP) is 1.01. The number of fused-ring (bicyclic) bond motifs is 1. The summed E-state index contributed by atoms with van der Waals surface area (Å²) in [5, 5.41) is 9.49. The first-order chi connectivity index (χ1) is 15.7. The van der Waals surface area contributed by atoms with Crippen molar-refractivity contribution in [1.82, 2.24) is 9.71 Å². The van der Waals surface area contributed by atoms with Gasteiger partial charge in [0.25, 0.3) is 0 Å². The number of carbonyl (C=O) groups is 2. The van der Waals surface area contributed by atoms with E-state index in [1.165, 1.54) is 12.1 Å². The molecular formula is C20H20N6O6S. The number of amides is 1. The Morgan fingerprint density at radius 1 is 1.36 bits per heavy atom. The number of aryl methyl sites for hydroxylation is 1. The molecule has 1 amide bonds. The second-order valence-corrected chi connectivity index (χ2v) is 8.82. The first-order valence-corrected chi connectivity index (χ1v) is 11.4. The SMILES string of the molecule is CCOC(=O)c1cc(C#N)c(N2CC(C(=O)NS(=O)(=O)N3ONc4ccccc43)C2)nc1C. The van der Waals surface area contributed by atoms with E-state index in [1.54, 1.807) is 36.9 Å². The molecule has 2 aliphatic heterocycles. The van der Waals surface area contributed by atoms with E-state index < -0.39 is 28.0 Å². The molecule has 1 aromatic heterocycles. The molecule has 0 unspecified atom stereocenters. The standard InChI is InChI=1S/C20H20N6O6S/c1-3-31-20(28)15-8-13(9-21)18(22-12(15)2)25-10-14(11-25)19(27)24-33(29,30)26-17-7-5-4-6-16(17)23-32-26/h4-8,14,23H,3,10-11H2,1-2H3,(H,24,27). The fraction of sp³-hybridized carbons (Fsp3) is 0.300. The molecule has 33 heavy (non-hydrogen) atoms. The lowest BCUT2D eigenvalue weighted by Crippen LogP contribution is -2.56. The second kappa shape index (κ2) is 8.57. The molecule has 0 aliphatic carbocycles. The van der Waals surface area contributed by atoms with Gasteiger partial charge in [0.05, 0.1) is 35.0 Å². The van der Waals surface area contributed by atoms with Gasteiger partial charge in [0, 0.05) is 13.1 Å². The molecule has 1 fully saturated rings. The Labute approximate surface area is 189 Å². The van der Waals surface area contributed by atoms with Gasteiger partial charge in [-0.05, 0) is 32.0 Å². The third-order valence-electron chi connectivity index (χ3n) is 5.15. The largest absolute Gasteiger partial charge is 0.462 e. The van der Waals surface area contributed by atoms with Gasteiger partial charge < -0.3 is 9.64 Å². The highest BCUT2D eigenvalue weighted by Gasteiger charge is 2.39. The minimum Gasteiger partial charge on any atom is -0.462 e. The first kappa shape index (κ1) is 22.3. The van der Waals surface area contributed by atoms with Gasteiger partial charge in [-0.2, -0.15) is 13.7 Å². The number of hydrogen-bond acceptors (Lipinski definition) is 10. The Morgan fingerprint density at radius 3 is 2.79 bits per heavy atom. The van der Waals surface area contributed by atoms with Gasteiger partial charge >= 0.3 is 16.2 Å². The lowest BCUT2D eigenvalue weighted by molar-refractivity contribution is -0.123. The average Bonchev–Trinajstić information content (AvgIpc) is 3.18. The summed E-state index contributed by atoms with van der Waals surface area (Å²) in [6, 6.07) is 9.91. The maximum absolute atomic E-state index is 12.6. The summed E-state index contributed by atoms with van der Waals surface area (Å²) in [7, 11) is -4.30. The van der Waals surface area contributed by atoms with Crippen LogP contribution in [0.4, 0.5) is 17.2 Å². The summed E-state index contributed by atoms with van der Waals surface area (Å²) in [6.45, 7) is 3.79. The lowest BCUT2D eigenvalue weighted by atomic mass is 9.98. The van der Waals surface area contributed by atoms with Gasteiger partial charge in [0.15, 0.2) is 0 Å². The van der Waals surface area contributed by atoms with Gasteiger partial charge in [-0.1, -0.05) is 12.1 Å². The minimum absolute atomic E-state index is 0.150. The number of hydrogen-bond donors (Lipinski definition) is 2. The molecule has 2 aliphatic rings. The fourth-order valence-electron chi connectivity index (χ4n) is 3.44. The number of benzene rings is 1. The van der Waals surface area contributed by atoms with Crippen LogP contribution in [0.2, 0.25) is 0 Å². The Kier molecular flexibility index (Phi) is 5.79. The highest BCUT2D eigenvalue weighted by molar-refractivity contribution is 7.91. The maximum atomic E-state index is 12.6. The zero-order valence-corrected chi connectivity index (χ0v) is 18.5. The van der Waals surface area contributed by atoms with Crippen LogP contribution in [0.5, 0.6) is 0 Å². The summed E-state index contributed by atoms with van der Waals surface area (Å²) in [4.78, 5) is 35.6. The van der Waals surface area contributed by atoms with E-state index in [-0.39, 0.29) is 36.5 Å². The number of nitriles is 1. The minimum atomic E-state index is -4.30. The fourth-order valence-corrected chi connectivity index (χ4v) is 4.50. The van der Waals surface area contributed by atoms with Gasteiger partial charge in [-0.3, -0.25) is 4.79 Å². The van der Waals surface area contributed by atoms with E-state index in [9.17, 15) is 23.3 Å². The number of para-hydroxylation sites is 2. The summed E-state index contributed by atoms with van der Waals surface area (Å²) >= 11 is 0. The number of pyridine rings is 1. The van der Waals surface area contributed by atoms with Crippen LogP contribution in [0, 0.1) is 24.2 Å². The molecule has 0 bridgehead atoms. The van der Waals surface area contributed by atoms with Crippen molar-refractivity contribution in [3.63, 3.8) is 0 Å². The average molecular weight is 472 g/mol. The van der Waals surface area contributed by atoms with Gasteiger partial charge in [-0.15, -0.1) is 9.41 Å². The van der Waals surface area contributed by atoms with Crippen molar-refractivity contribution in [3.8, 4) is 6.07 Å². The van der Waals surface area contributed by atoms with E-state index in [1.807, 2.05) is 10.8 Å². The van der Waals surface area contributed by atoms with E-state index in [0.717, 1.165) is 0 Å². The van der Waals surface area contributed by atoms with Crippen molar-refractivity contribution < 1.29 is 27.7 Å². The third-order valence-corrected chi connectivity index (χ3v) is 6.31. The zero-order chi connectivity index (χ0) is 23.8. The van der Waals surface area contributed by atoms with Gasteiger partial charge in [0.1, 0.15) is 17.6 Å². The van der Waals surface area contributed by atoms with Crippen molar-refractivity contribution >= 4 is 39.3 Å². The molecule has 172 valence electrons. The van der Waals surface area contributed by atoms with E-state index in [0.29, 0.717) is 21.7 Å². The summed E-state index contributed by atoms with van der Waals surface area (Å²) in [6.07, 6.45) is 0. The number of aromatic nitrogens is 1. The van der Waals surface area contributed by atoms with Crippen LogP contribution in [0.15, 0.2) is 30.3 Å². The molecule has 0 spiro atoms. The molecule has 0 atom stereocenters. The molecule has 1 saturated heterocycles. The molecule has 2 N–H and O–H groups in total. The maximum Gasteiger partial charge on any atom is 0.350 e. The number of esters is 1. The molecule has 12 nitrogen and oxygen atoms in total. The van der Waals surface area contributed by atoms with Crippen LogP contribution in [0.3, 0.4) is 0 Å². The normalized spacial score (nSPS) is 15.2. The van der Waals surface area contributed by atoms with Gasteiger partial charge in [0.2, 0.25) is 5.91 Å². The van der Waals surface area contributed by atoms with E-state index >= 15 is 0 Å². The highest BCUT2D eigenvalue weighted by Crippen LogP contribution is 2.33. The number of anilines is 3. The van der Waals surface area contributed by atoms with Gasteiger partial charge in [-0.25, -0.2) is 20.0 Å². The Morgan fingerprint density at radius 2 is 2.09 bits per heavy atom. The number of ether oxygens (including phenoxy) is 1. The van der Waals surface area contributed by atoms with E-state index in [4.69, 9.17) is 9.68 Å². The molecule has 3 heterocycles. The predicted molar refractivity (Wildman–Crippen MR) is 116 cm³/mol. The van der Waals surface area contributed by atoms with Crippen LogP contribution < -0.4 is 19.6 Å². The Bertz CT molecular complexity index is 1270. The molecule has 0 saturated carbocycles. The topological polar surface area (TPSA) is 154 Å². The third kappa shape index (κ3) is 4.13. The Balaban J connectivity index is 1.43. The number of nitrogens with one attached hydrogen (secondary N) is 2. The summed E-state index contributed by atoms with van der Waals surface area (Å²) in [5.74, 6) is -1.62. The van der Waals surface area contributed by atoms with Crippen LogP contribution in [0.1, 0.15) is 28.5 Å². The molecule has 1 aromatic carbocycles. The van der Waals surface area contributed by atoms with E-state index in [2.05, 4.69) is 10.5 Å². The smallest absolute Gasteiger partial charge is 0.350 e. The zero-order valence-electron chi connectivity index (χ0n) is 17.7. The molecule has 0 radical (unpaired) electrons. The van der Waals surface area contributed by atoms with Crippen LogP contribution in [0.25, 0.3) is 0 Å². The van der Waals surface area contributed by atoms with Crippen LogP contribution in [-0.2, 0) is 24.7 Å². The Hall–Kier alpha value is -3.89. The molecule has 2 aromatic rings. The van der Waals surface area contributed by atoms with Crippen LogP contribution >= 0.6 is 0 Å². The molecular weight excluding hydrogens is 452 g/mol. The number of rotatable bonds is 6. The highest BCUT2D eigenvalue weighted by atomic mass is 32.2. The summed E-state index contributed by atoms with van der Waals surface area (Å²) in [5.41, 5.74) is 3.89. The summed E-state index contributed by atoms with van der Waals surface area (Å²) < 4.78 is 32.8. The first-order valence-electron chi connectivity index (χ1n) is 9.98. The molecule has 13 heteroatoms. The quantitative estimate of drug-likeness (QED) is 0.582. The number of nitrogens with zero attached hydrogens (tertiary/aromatic N) is 4. The molecule has 4 rings (SSSR count). The second-order valence-electron chi connectivity index (χ2n) is 7.34. The van der Waals surface area contributed by atoms with Crippen LogP contribution in [-0.4, -0.2) is 45.0 Å². The lowest BCUT2D eigenvalue weighted by Gasteiger charge is -2.39. The van der Waals surface area contributed by atoms with Crippen molar-refractivity contribution in [2.45, 2.75) is 13.8 Å². The van der Waals surface area contributed by atoms with Crippen molar-refractivity contribution in [1.29, 1.82) is 5.26 Å². The van der Waals surface area contributed by atoms with Crippen molar-refractivity contribution in [2.75, 3.05) is 34.5 Å². The van der Waals surface area contributed by atoms with Crippen molar-refractivity contribution in [3.05, 3.63) is 47.2 Å². The monoisotopic (exact) mass is 472 g/mol.